The summed E-state index contributed by atoms with van der Waals surface area (Å²) < 4.78 is 5.33. The molecule has 0 aliphatic carbocycles. The molecule has 0 radical (unpaired) electrons. The predicted molar refractivity (Wildman–Crippen MR) is 113 cm³/mol. The van der Waals surface area contributed by atoms with Crippen LogP contribution in [0.1, 0.15) is 28.4 Å². The number of hydrogen-bond acceptors (Lipinski definition) is 4. The lowest BCUT2D eigenvalue weighted by Gasteiger charge is -2.19. The van der Waals surface area contributed by atoms with E-state index < -0.39 is 0 Å². The van der Waals surface area contributed by atoms with Crippen LogP contribution in [0.2, 0.25) is 0 Å². The van der Waals surface area contributed by atoms with Gasteiger partial charge in [-0.05, 0) is 43.2 Å². The maximum absolute atomic E-state index is 5.33. The molecule has 2 aromatic heterocycles. The Morgan fingerprint density at radius 2 is 1.86 bits per heavy atom. The van der Waals surface area contributed by atoms with E-state index in [2.05, 4.69) is 62.9 Å². The molecule has 142 valence electrons. The van der Waals surface area contributed by atoms with Gasteiger partial charge in [-0.15, -0.1) is 0 Å². The van der Waals surface area contributed by atoms with E-state index in [0.717, 1.165) is 28.5 Å². The summed E-state index contributed by atoms with van der Waals surface area (Å²) >= 11 is 0. The zero-order chi connectivity index (χ0) is 19.5. The number of benzene rings is 2. The lowest BCUT2D eigenvalue weighted by Crippen LogP contribution is -2.16. The zero-order valence-electron chi connectivity index (χ0n) is 16.4. The number of anilines is 1. The van der Waals surface area contributed by atoms with Crippen LogP contribution in [0.3, 0.4) is 0 Å². The molecule has 0 aliphatic rings. The second-order valence-electron chi connectivity index (χ2n) is 6.94. The number of aryl methyl sites for hydroxylation is 2. The summed E-state index contributed by atoms with van der Waals surface area (Å²) in [6.07, 6.45) is 3.90. The van der Waals surface area contributed by atoms with Crippen LogP contribution in [0.4, 0.5) is 5.82 Å². The van der Waals surface area contributed by atoms with Gasteiger partial charge in [-0.3, -0.25) is 4.98 Å². The Kier molecular flexibility index (Phi) is 4.98. The van der Waals surface area contributed by atoms with Crippen molar-refractivity contribution in [3.8, 4) is 5.75 Å². The third kappa shape index (κ3) is 3.56. The van der Waals surface area contributed by atoms with E-state index in [0.29, 0.717) is 6.54 Å². The van der Waals surface area contributed by atoms with Gasteiger partial charge in [0.25, 0.3) is 0 Å². The maximum Gasteiger partial charge on any atom is 0.147 e. The Morgan fingerprint density at radius 3 is 2.64 bits per heavy atom. The first kappa shape index (κ1) is 18.0. The molecule has 0 spiro atoms. The average molecular weight is 372 g/mol. The average Bonchev–Trinajstić information content (AvgIpc) is 3.15. The Hall–Kier alpha value is -3.34. The second kappa shape index (κ2) is 7.72. The summed E-state index contributed by atoms with van der Waals surface area (Å²) in [5.41, 5.74) is 5.42. The minimum atomic E-state index is 0.156. The zero-order valence-corrected chi connectivity index (χ0v) is 16.4. The summed E-state index contributed by atoms with van der Waals surface area (Å²) in [6.45, 7) is 4.65. The van der Waals surface area contributed by atoms with Crippen molar-refractivity contribution in [3.63, 3.8) is 0 Å². The number of aromatic nitrogens is 3. The van der Waals surface area contributed by atoms with Gasteiger partial charge < -0.3 is 15.0 Å². The van der Waals surface area contributed by atoms with Crippen molar-refractivity contribution in [1.82, 2.24) is 15.0 Å². The number of fused-ring (bicyclic) bond motifs is 1. The first-order valence-corrected chi connectivity index (χ1v) is 9.40. The maximum atomic E-state index is 5.33. The number of hydrogen-bond donors (Lipinski definition) is 2. The highest BCUT2D eigenvalue weighted by Crippen LogP contribution is 2.32. The highest BCUT2D eigenvalue weighted by Gasteiger charge is 2.19. The monoisotopic (exact) mass is 372 g/mol. The van der Waals surface area contributed by atoms with E-state index in [9.17, 15) is 0 Å². The molecule has 0 aliphatic heterocycles. The Balaban J connectivity index is 1.71. The fraction of sp³-hybridized carbons (Fsp3) is 0.217. The van der Waals surface area contributed by atoms with E-state index in [1.54, 1.807) is 13.3 Å². The Morgan fingerprint density at radius 1 is 1.07 bits per heavy atom. The highest BCUT2D eigenvalue weighted by atomic mass is 16.5. The van der Waals surface area contributed by atoms with Crippen LogP contribution < -0.4 is 10.1 Å². The normalized spacial score (nSPS) is 12.1. The number of nitrogens with zero attached hydrogens (tertiary/aromatic N) is 2. The Bertz CT molecular complexity index is 1090. The number of H-pyrrole nitrogens is 1. The van der Waals surface area contributed by atoms with Crippen molar-refractivity contribution in [3.05, 3.63) is 83.4 Å². The molecule has 1 atom stereocenters. The molecule has 0 saturated carbocycles. The largest absolute Gasteiger partial charge is 0.497 e. The summed E-state index contributed by atoms with van der Waals surface area (Å²) in [6, 6.07) is 16.7. The van der Waals surface area contributed by atoms with Gasteiger partial charge in [-0.2, -0.15) is 0 Å². The molecular weight excluding hydrogens is 348 g/mol. The third-order valence-corrected chi connectivity index (χ3v) is 5.06. The summed E-state index contributed by atoms with van der Waals surface area (Å²) in [5, 5.41) is 4.75. The number of para-hydroxylation sites is 1. The lowest BCUT2D eigenvalue weighted by atomic mass is 9.90. The second-order valence-corrected chi connectivity index (χ2v) is 6.94. The fourth-order valence-electron chi connectivity index (χ4n) is 3.53. The van der Waals surface area contributed by atoms with Gasteiger partial charge in [0.2, 0.25) is 0 Å². The van der Waals surface area contributed by atoms with E-state index in [1.807, 2.05) is 26.0 Å². The van der Waals surface area contributed by atoms with Gasteiger partial charge >= 0.3 is 0 Å². The van der Waals surface area contributed by atoms with Crippen LogP contribution in [-0.2, 0) is 0 Å². The van der Waals surface area contributed by atoms with Crippen molar-refractivity contribution < 1.29 is 4.74 Å². The summed E-state index contributed by atoms with van der Waals surface area (Å²) in [4.78, 5) is 12.4. The fourth-order valence-corrected chi connectivity index (χ4v) is 3.53. The highest BCUT2D eigenvalue weighted by molar-refractivity contribution is 5.84. The van der Waals surface area contributed by atoms with E-state index in [4.69, 9.17) is 4.74 Å². The summed E-state index contributed by atoms with van der Waals surface area (Å²) in [5.74, 6) is 1.84. The van der Waals surface area contributed by atoms with Crippen LogP contribution in [-0.4, -0.2) is 28.6 Å². The van der Waals surface area contributed by atoms with Crippen molar-refractivity contribution >= 4 is 16.7 Å². The number of nitrogens with one attached hydrogen (secondary N) is 2. The molecule has 0 fully saturated rings. The molecule has 2 heterocycles. The lowest BCUT2D eigenvalue weighted by molar-refractivity contribution is 0.414. The molecule has 4 aromatic rings. The van der Waals surface area contributed by atoms with Gasteiger partial charge in [0.1, 0.15) is 11.6 Å². The van der Waals surface area contributed by atoms with Crippen LogP contribution in [0.15, 0.2) is 60.9 Å². The van der Waals surface area contributed by atoms with Crippen LogP contribution in [0.25, 0.3) is 10.9 Å². The molecule has 1 unspecified atom stereocenters. The molecule has 28 heavy (non-hydrogen) atoms. The van der Waals surface area contributed by atoms with Crippen LogP contribution in [0, 0.1) is 13.8 Å². The van der Waals surface area contributed by atoms with Gasteiger partial charge in [0.15, 0.2) is 0 Å². The molecule has 4 rings (SSSR count). The van der Waals surface area contributed by atoms with E-state index in [-0.39, 0.29) is 5.92 Å². The molecule has 5 nitrogen and oxygen atoms in total. The third-order valence-electron chi connectivity index (χ3n) is 5.06. The summed E-state index contributed by atoms with van der Waals surface area (Å²) in [7, 11) is 1.69. The van der Waals surface area contributed by atoms with E-state index in [1.165, 1.54) is 16.5 Å². The standard InChI is InChI=1S/C23H24N4O/c1-15-12-24-16(2)23(27-15)26-13-20(17-8-10-18(28-3)11-9-17)21-14-25-22-7-5-4-6-19(21)22/h4-12,14,20,25H,13H2,1-3H3,(H,26,27). The van der Waals surface area contributed by atoms with Gasteiger partial charge in [-0.25, -0.2) is 4.98 Å². The number of aromatic amines is 1. The minimum absolute atomic E-state index is 0.156. The Labute approximate surface area is 164 Å². The van der Waals surface area contributed by atoms with Crippen molar-refractivity contribution in [2.75, 3.05) is 19.0 Å². The molecule has 0 amide bonds. The molecule has 2 N–H and O–H groups in total. The van der Waals surface area contributed by atoms with Crippen molar-refractivity contribution in [1.29, 1.82) is 0 Å². The predicted octanol–water partition coefficient (Wildman–Crippen LogP) is 4.83. The number of methoxy groups -OCH3 is 1. The molecule has 0 bridgehead atoms. The van der Waals surface area contributed by atoms with Gasteiger partial charge in [-0.1, -0.05) is 30.3 Å². The topological polar surface area (TPSA) is 62.8 Å². The van der Waals surface area contributed by atoms with Crippen LogP contribution in [0.5, 0.6) is 5.75 Å². The quantitative estimate of drug-likeness (QED) is 0.509. The van der Waals surface area contributed by atoms with Crippen molar-refractivity contribution in [2.45, 2.75) is 19.8 Å². The number of ether oxygens (including phenoxy) is 1. The first-order valence-electron chi connectivity index (χ1n) is 9.40. The smallest absolute Gasteiger partial charge is 0.147 e. The number of rotatable bonds is 6. The SMILES string of the molecule is COc1ccc(C(CNc2nc(C)cnc2C)c2c[nH]c3ccccc23)cc1. The first-order chi connectivity index (χ1) is 13.7. The van der Waals surface area contributed by atoms with Gasteiger partial charge in [0, 0.05) is 35.8 Å². The molecule has 0 saturated heterocycles. The molecule has 2 aromatic carbocycles. The molecule has 5 heteroatoms. The van der Waals surface area contributed by atoms with Crippen LogP contribution >= 0.6 is 0 Å². The molecular formula is C23H24N4O. The van der Waals surface area contributed by atoms with Gasteiger partial charge in [0.05, 0.1) is 18.5 Å². The van der Waals surface area contributed by atoms with E-state index >= 15 is 0 Å². The van der Waals surface area contributed by atoms with Crippen molar-refractivity contribution in [2.24, 2.45) is 0 Å². The minimum Gasteiger partial charge on any atom is -0.497 e.